The number of rotatable bonds is 3. The fourth-order valence-electron chi connectivity index (χ4n) is 5.45. The van der Waals surface area contributed by atoms with Crippen molar-refractivity contribution in [3.05, 3.63) is 72.3 Å². The van der Waals surface area contributed by atoms with Gasteiger partial charge in [0.15, 0.2) is 0 Å². The van der Waals surface area contributed by atoms with Crippen molar-refractivity contribution >= 4 is 34.4 Å². The summed E-state index contributed by atoms with van der Waals surface area (Å²) in [5.41, 5.74) is 2.16. The molecule has 0 unspecified atom stereocenters. The summed E-state index contributed by atoms with van der Waals surface area (Å²) in [6.45, 7) is 0. The molecule has 2 heterocycles. The van der Waals surface area contributed by atoms with Crippen LogP contribution in [-0.4, -0.2) is 22.8 Å². The van der Waals surface area contributed by atoms with Gasteiger partial charge in [0.1, 0.15) is 0 Å². The minimum absolute atomic E-state index is 0.0523. The molecule has 6 nitrogen and oxygen atoms in total. The number of pyridine rings is 1. The van der Waals surface area contributed by atoms with Crippen LogP contribution < -0.4 is 10.0 Å². The van der Waals surface area contributed by atoms with Crippen LogP contribution in [0.2, 0.25) is 0 Å². The van der Waals surface area contributed by atoms with E-state index in [9.17, 15) is 19.5 Å². The highest BCUT2D eigenvalue weighted by atomic mass is 16.4. The Labute approximate surface area is 177 Å². The van der Waals surface area contributed by atoms with Gasteiger partial charge in [-0.25, -0.2) is 9.88 Å². The van der Waals surface area contributed by atoms with Crippen LogP contribution in [0.1, 0.15) is 16.8 Å². The lowest BCUT2D eigenvalue weighted by atomic mass is 9.85. The Morgan fingerprint density at radius 3 is 2.35 bits per heavy atom. The molecular formula is C25H17N2O4-. The number of amides is 2. The van der Waals surface area contributed by atoms with E-state index in [4.69, 9.17) is 0 Å². The van der Waals surface area contributed by atoms with Crippen LogP contribution in [0.5, 0.6) is 0 Å². The van der Waals surface area contributed by atoms with Crippen molar-refractivity contribution in [1.29, 1.82) is 0 Å². The van der Waals surface area contributed by atoms with Gasteiger partial charge in [-0.05, 0) is 42.5 Å². The fourth-order valence-corrected chi connectivity index (χ4v) is 5.45. The van der Waals surface area contributed by atoms with Crippen LogP contribution in [0, 0.1) is 23.7 Å². The Morgan fingerprint density at radius 2 is 1.65 bits per heavy atom. The first-order valence-electron chi connectivity index (χ1n) is 10.3. The minimum Gasteiger partial charge on any atom is -0.545 e. The number of hydrogen-bond acceptors (Lipinski definition) is 5. The molecule has 2 aliphatic carbocycles. The lowest BCUT2D eigenvalue weighted by Crippen LogP contribution is -2.32. The Balaban J connectivity index is 1.43. The van der Waals surface area contributed by atoms with E-state index < -0.39 is 5.97 Å². The molecular weight excluding hydrogens is 392 g/mol. The van der Waals surface area contributed by atoms with Crippen molar-refractivity contribution in [2.24, 2.45) is 23.7 Å². The first-order valence-corrected chi connectivity index (χ1v) is 10.3. The van der Waals surface area contributed by atoms with Crippen molar-refractivity contribution in [1.82, 2.24) is 4.98 Å². The number of fused-ring (bicyclic) bond motifs is 6. The summed E-state index contributed by atoms with van der Waals surface area (Å²) in [5, 5.41) is 12.2. The zero-order valence-electron chi connectivity index (χ0n) is 16.4. The van der Waals surface area contributed by atoms with Crippen LogP contribution in [0.4, 0.5) is 5.69 Å². The number of aromatic carboxylic acids is 1. The van der Waals surface area contributed by atoms with Crippen molar-refractivity contribution in [3.8, 4) is 11.3 Å². The number of carboxylic acids is 1. The van der Waals surface area contributed by atoms with Gasteiger partial charge in [0.2, 0.25) is 11.8 Å². The first kappa shape index (κ1) is 18.0. The number of hydrogen-bond donors (Lipinski definition) is 0. The van der Waals surface area contributed by atoms with Crippen LogP contribution in [0.15, 0.2) is 66.7 Å². The number of imide groups is 1. The largest absolute Gasteiger partial charge is 0.545 e. The van der Waals surface area contributed by atoms with E-state index in [-0.39, 0.29) is 41.0 Å². The van der Waals surface area contributed by atoms with Gasteiger partial charge in [0, 0.05) is 16.5 Å². The number of benzene rings is 2. The zero-order chi connectivity index (χ0) is 21.3. The monoisotopic (exact) mass is 409 g/mol. The van der Waals surface area contributed by atoms with Crippen molar-refractivity contribution in [3.63, 3.8) is 0 Å². The van der Waals surface area contributed by atoms with Crippen molar-refractivity contribution < 1.29 is 19.5 Å². The van der Waals surface area contributed by atoms with Crippen LogP contribution in [0.25, 0.3) is 22.2 Å². The average Bonchev–Trinajstić information content (AvgIpc) is 3.46. The Bertz CT molecular complexity index is 1300. The molecule has 2 fully saturated rings. The van der Waals surface area contributed by atoms with Gasteiger partial charge in [-0.2, -0.15) is 0 Å². The lowest BCUT2D eigenvalue weighted by molar-refractivity contribution is -0.254. The molecule has 1 aliphatic heterocycles. The van der Waals surface area contributed by atoms with Gasteiger partial charge < -0.3 is 9.90 Å². The summed E-state index contributed by atoms with van der Waals surface area (Å²) in [4.78, 5) is 43.8. The van der Waals surface area contributed by atoms with E-state index in [1.807, 2.05) is 0 Å². The molecule has 0 radical (unpaired) electrons. The smallest absolute Gasteiger partial charge is 0.238 e. The van der Waals surface area contributed by atoms with E-state index in [1.54, 1.807) is 48.5 Å². The normalized spacial score (nSPS) is 26.1. The van der Waals surface area contributed by atoms with Gasteiger partial charge in [-0.3, -0.25) is 9.59 Å². The van der Waals surface area contributed by atoms with E-state index in [2.05, 4.69) is 17.1 Å². The maximum atomic E-state index is 13.1. The topological polar surface area (TPSA) is 90.4 Å². The second kappa shape index (κ2) is 6.35. The number of anilines is 1. The van der Waals surface area contributed by atoms with E-state index in [0.29, 0.717) is 27.8 Å². The van der Waals surface area contributed by atoms with E-state index in [0.717, 1.165) is 6.42 Å². The van der Waals surface area contributed by atoms with E-state index >= 15 is 0 Å². The van der Waals surface area contributed by atoms with Crippen LogP contribution in [0.3, 0.4) is 0 Å². The number of carbonyl (C=O) groups is 3. The second-order valence-electron chi connectivity index (χ2n) is 8.42. The first-order chi connectivity index (χ1) is 15.0. The summed E-state index contributed by atoms with van der Waals surface area (Å²) >= 11 is 0. The minimum atomic E-state index is -1.28. The highest BCUT2D eigenvalue weighted by Crippen LogP contribution is 2.53. The SMILES string of the molecule is O=C([O-])c1cc(-c2cccc(N3C(=O)[C@@H]4[C@@H](C3=O)[C@H]3C=C[C@@H]4C3)c2)nc2ccccc12. The number of aromatic nitrogens is 1. The number of nitrogens with zero attached hydrogens (tertiary/aromatic N) is 2. The third-order valence-corrected chi connectivity index (χ3v) is 6.81. The van der Waals surface area contributed by atoms with Crippen molar-refractivity contribution in [2.45, 2.75) is 6.42 Å². The lowest BCUT2D eigenvalue weighted by Gasteiger charge is -2.18. The quantitative estimate of drug-likeness (QED) is 0.490. The van der Waals surface area contributed by atoms with E-state index in [1.165, 1.54) is 11.0 Å². The van der Waals surface area contributed by atoms with Gasteiger partial charge in [0.05, 0.1) is 34.7 Å². The molecule has 6 heteroatoms. The molecule has 1 saturated carbocycles. The van der Waals surface area contributed by atoms with Crippen LogP contribution >= 0.6 is 0 Å². The number of allylic oxidation sites excluding steroid dienone is 2. The summed E-state index contributed by atoms with van der Waals surface area (Å²) in [5.74, 6) is -1.82. The molecule has 2 bridgehead atoms. The summed E-state index contributed by atoms with van der Waals surface area (Å²) in [6.07, 6.45) is 5.02. The molecule has 4 atom stereocenters. The molecule has 2 aromatic carbocycles. The molecule has 1 saturated heterocycles. The highest BCUT2D eigenvalue weighted by molar-refractivity contribution is 6.23. The molecule has 3 aliphatic rings. The summed E-state index contributed by atoms with van der Waals surface area (Å²) in [6, 6.07) is 15.4. The fraction of sp³-hybridized carbons (Fsp3) is 0.200. The second-order valence-corrected chi connectivity index (χ2v) is 8.42. The van der Waals surface area contributed by atoms with Gasteiger partial charge >= 0.3 is 0 Å². The molecule has 6 rings (SSSR count). The predicted octanol–water partition coefficient (Wildman–Crippen LogP) is 2.58. The van der Waals surface area contributed by atoms with Gasteiger partial charge in [-0.1, -0.05) is 42.5 Å². The highest BCUT2D eigenvalue weighted by Gasteiger charge is 2.59. The Kier molecular flexibility index (Phi) is 3.69. The molecule has 1 aromatic heterocycles. The van der Waals surface area contributed by atoms with Crippen LogP contribution in [-0.2, 0) is 9.59 Å². The molecule has 31 heavy (non-hydrogen) atoms. The standard InChI is InChI=1S/C25H18N2O4/c28-23-21-14-8-9-15(10-14)22(21)24(29)27(23)16-5-3-4-13(11-16)20-12-18(25(30)31)17-6-1-2-7-19(17)26-20/h1-9,11-12,14-15,21-22H,10H2,(H,30,31)/p-1/t14-,15+,21-,22-/m0/s1. The predicted molar refractivity (Wildman–Crippen MR) is 112 cm³/mol. The number of carbonyl (C=O) groups excluding carboxylic acids is 3. The summed E-state index contributed by atoms with van der Waals surface area (Å²) < 4.78 is 0. The molecule has 0 spiro atoms. The third kappa shape index (κ3) is 2.51. The molecule has 3 aromatic rings. The third-order valence-electron chi connectivity index (χ3n) is 6.81. The Hall–Kier alpha value is -3.80. The maximum absolute atomic E-state index is 13.1. The number of para-hydroxylation sites is 1. The van der Waals surface area contributed by atoms with Gasteiger partial charge in [0.25, 0.3) is 0 Å². The van der Waals surface area contributed by atoms with Gasteiger partial charge in [-0.15, -0.1) is 0 Å². The Morgan fingerprint density at radius 1 is 0.935 bits per heavy atom. The number of carboxylic acid groups (broad SMARTS) is 1. The maximum Gasteiger partial charge on any atom is 0.238 e. The molecule has 0 N–H and O–H groups in total. The average molecular weight is 409 g/mol. The zero-order valence-corrected chi connectivity index (χ0v) is 16.4. The van der Waals surface area contributed by atoms with Crippen molar-refractivity contribution in [2.75, 3.05) is 4.90 Å². The molecule has 2 amide bonds. The summed E-state index contributed by atoms with van der Waals surface area (Å²) in [7, 11) is 0. The molecule has 152 valence electrons.